The van der Waals surface area contributed by atoms with Crippen molar-refractivity contribution in [2.24, 2.45) is 4.99 Å². The van der Waals surface area contributed by atoms with Crippen molar-refractivity contribution >= 4 is 40.7 Å². The van der Waals surface area contributed by atoms with E-state index in [1.165, 1.54) is 16.9 Å². The summed E-state index contributed by atoms with van der Waals surface area (Å²) in [6.45, 7) is 6.24. The summed E-state index contributed by atoms with van der Waals surface area (Å²) in [4.78, 5) is 32.8. The Morgan fingerprint density at radius 2 is 1.74 bits per heavy atom. The predicted octanol–water partition coefficient (Wildman–Crippen LogP) is 5.71. The maximum atomic E-state index is 13.9. The third kappa shape index (κ3) is 4.89. The number of carbonyl (C=O) groups excluding carboxylic acids is 1. The molecule has 0 saturated carbocycles. The van der Waals surface area contributed by atoms with Crippen LogP contribution in [-0.4, -0.2) is 17.1 Å². The zero-order valence-corrected chi connectivity index (χ0v) is 22.9. The number of rotatable bonds is 6. The van der Waals surface area contributed by atoms with E-state index in [1.54, 1.807) is 23.6 Å². The second-order valence-electron chi connectivity index (χ2n) is 9.27. The van der Waals surface area contributed by atoms with Crippen molar-refractivity contribution in [3.8, 4) is 0 Å². The summed E-state index contributed by atoms with van der Waals surface area (Å²) in [7, 11) is 0. The van der Waals surface area contributed by atoms with Crippen molar-refractivity contribution in [3.63, 3.8) is 0 Å². The molecule has 7 heteroatoms. The summed E-state index contributed by atoms with van der Waals surface area (Å²) in [6, 6.07) is 24.3. The highest BCUT2D eigenvalue weighted by atomic mass is 35.5. The lowest BCUT2D eigenvalue weighted by atomic mass is 9.91. The van der Waals surface area contributed by atoms with Gasteiger partial charge in [0.15, 0.2) is 4.80 Å². The van der Waals surface area contributed by atoms with Crippen LogP contribution >= 0.6 is 22.9 Å². The molecule has 2 heterocycles. The van der Waals surface area contributed by atoms with Crippen molar-refractivity contribution < 1.29 is 9.53 Å². The number of fused-ring (bicyclic) bond motifs is 1. The van der Waals surface area contributed by atoms with Crippen LogP contribution in [0.5, 0.6) is 0 Å². The van der Waals surface area contributed by atoms with E-state index < -0.39 is 12.0 Å². The number of carbonyl (C=O) groups is 1. The second-order valence-corrected chi connectivity index (χ2v) is 10.7. The molecule has 1 atom stereocenters. The molecule has 0 N–H and O–H groups in total. The normalized spacial score (nSPS) is 15.4. The minimum atomic E-state index is -0.699. The van der Waals surface area contributed by atoms with Crippen molar-refractivity contribution in [2.45, 2.75) is 32.7 Å². The zero-order chi connectivity index (χ0) is 26.8. The Morgan fingerprint density at radius 3 is 2.39 bits per heavy atom. The van der Waals surface area contributed by atoms with Crippen molar-refractivity contribution in [3.05, 3.63) is 131 Å². The van der Waals surface area contributed by atoms with Gasteiger partial charge in [0.25, 0.3) is 5.56 Å². The van der Waals surface area contributed by atoms with Crippen LogP contribution in [0.25, 0.3) is 11.8 Å². The van der Waals surface area contributed by atoms with Crippen LogP contribution in [0.1, 0.15) is 55.0 Å². The number of benzene rings is 3. The fourth-order valence-corrected chi connectivity index (χ4v) is 5.73. The third-order valence-corrected chi connectivity index (χ3v) is 7.81. The Balaban J connectivity index is 1.83. The predicted molar refractivity (Wildman–Crippen MR) is 153 cm³/mol. The summed E-state index contributed by atoms with van der Waals surface area (Å²) in [5.41, 5.74) is 4.12. The van der Waals surface area contributed by atoms with Gasteiger partial charge in [-0.25, -0.2) is 9.79 Å². The summed E-state index contributed by atoms with van der Waals surface area (Å²) in [6.07, 6.45) is 1.78. The molecule has 0 amide bonds. The van der Waals surface area contributed by atoms with Gasteiger partial charge in [-0.1, -0.05) is 110 Å². The fourth-order valence-electron chi connectivity index (χ4n) is 4.55. The molecule has 1 aliphatic heterocycles. The van der Waals surface area contributed by atoms with Crippen molar-refractivity contribution in [1.82, 2.24) is 4.57 Å². The van der Waals surface area contributed by atoms with Crippen LogP contribution < -0.4 is 14.9 Å². The molecular formula is C31H27ClN2O3S. The number of esters is 1. The van der Waals surface area contributed by atoms with Crippen LogP contribution in [-0.2, 0) is 9.53 Å². The average molecular weight is 543 g/mol. The molecule has 0 saturated heterocycles. The summed E-state index contributed by atoms with van der Waals surface area (Å²) >= 11 is 7.67. The SMILES string of the molecule is CCOC(=O)C1=C(c2ccccc2)N=c2s/c(=C/c3ccccc3Cl)c(=O)n2[C@H]1c1ccc(C(C)C)cc1. The van der Waals surface area contributed by atoms with E-state index in [0.717, 1.165) is 16.7 Å². The molecule has 5 nitrogen and oxygen atoms in total. The Bertz CT molecular complexity index is 1700. The second kappa shape index (κ2) is 10.9. The lowest BCUT2D eigenvalue weighted by molar-refractivity contribution is -0.138. The molecule has 3 aromatic carbocycles. The number of ether oxygens (including phenoxy) is 1. The van der Waals surface area contributed by atoms with E-state index in [1.807, 2.05) is 72.8 Å². The first-order valence-corrected chi connectivity index (χ1v) is 13.7. The Hall–Kier alpha value is -3.74. The molecule has 38 heavy (non-hydrogen) atoms. The van der Waals surface area contributed by atoms with Gasteiger partial charge in [-0.15, -0.1) is 0 Å². The minimum Gasteiger partial charge on any atom is -0.463 e. The molecule has 0 unspecified atom stereocenters. The molecule has 1 aliphatic rings. The van der Waals surface area contributed by atoms with Gasteiger partial charge in [0.2, 0.25) is 0 Å². The first-order chi connectivity index (χ1) is 18.4. The van der Waals surface area contributed by atoms with E-state index in [2.05, 4.69) is 13.8 Å². The van der Waals surface area contributed by atoms with Gasteiger partial charge < -0.3 is 4.74 Å². The molecule has 5 rings (SSSR count). The number of hydrogen-bond donors (Lipinski definition) is 0. The van der Waals surface area contributed by atoms with Gasteiger partial charge in [-0.05, 0) is 41.7 Å². The molecular weight excluding hydrogens is 516 g/mol. The molecule has 0 aliphatic carbocycles. The standard InChI is InChI=1S/C31H27ClN2O3S/c1-4-37-30(36)26-27(21-10-6-5-7-11-21)33-31-34(28(26)22-16-14-20(15-17-22)19(2)3)29(35)25(38-31)18-23-12-8-9-13-24(23)32/h5-19,28H,4H2,1-3H3/b25-18+/t28-/m0/s1. The largest absolute Gasteiger partial charge is 0.463 e. The number of halogens is 1. The Morgan fingerprint density at radius 1 is 1.05 bits per heavy atom. The highest BCUT2D eigenvalue weighted by Gasteiger charge is 2.35. The van der Waals surface area contributed by atoms with E-state index in [9.17, 15) is 9.59 Å². The van der Waals surface area contributed by atoms with E-state index in [4.69, 9.17) is 21.3 Å². The monoisotopic (exact) mass is 542 g/mol. The summed E-state index contributed by atoms with van der Waals surface area (Å²) in [5, 5.41) is 0.552. The zero-order valence-electron chi connectivity index (χ0n) is 21.4. The quantitative estimate of drug-likeness (QED) is 0.293. The lowest BCUT2D eigenvalue weighted by Gasteiger charge is -2.26. The van der Waals surface area contributed by atoms with E-state index in [0.29, 0.717) is 31.5 Å². The number of aromatic nitrogens is 1. The summed E-state index contributed by atoms with van der Waals surface area (Å²) in [5.74, 6) is -0.143. The highest BCUT2D eigenvalue weighted by Crippen LogP contribution is 2.35. The number of hydrogen-bond acceptors (Lipinski definition) is 5. The number of thiazole rings is 1. The Kier molecular flexibility index (Phi) is 7.45. The van der Waals surface area contributed by atoms with Gasteiger partial charge in [-0.2, -0.15) is 0 Å². The van der Waals surface area contributed by atoms with E-state index in [-0.39, 0.29) is 12.2 Å². The van der Waals surface area contributed by atoms with Crippen LogP contribution in [0.3, 0.4) is 0 Å². The molecule has 0 spiro atoms. The minimum absolute atomic E-state index is 0.209. The lowest BCUT2D eigenvalue weighted by Crippen LogP contribution is -2.40. The molecule has 0 fully saturated rings. The van der Waals surface area contributed by atoms with Gasteiger partial charge in [0.05, 0.1) is 28.5 Å². The maximum Gasteiger partial charge on any atom is 0.338 e. The fraction of sp³-hybridized carbons (Fsp3) is 0.194. The first kappa shape index (κ1) is 25.9. The summed E-state index contributed by atoms with van der Waals surface area (Å²) < 4.78 is 7.62. The molecule has 192 valence electrons. The van der Waals surface area contributed by atoms with Gasteiger partial charge >= 0.3 is 5.97 Å². The smallest absolute Gasteiger partial charge is 0.338 e. The van der Waals surface area contributed by atoms with Crippen LogP contribution in [0.4, 0.5) is 0 Å². The maximum absolute atomic E-state index is 13.9. The topological polar surface area (TPSA) is 60.7 Å². The third-order valence-electron chi connectivity index (χ3n) is 6.48. The average Bonchev–Trinajstić information content (AvgIpc) is 3.24. The van der Waals surface area contributed by atoms with E-state index >= 15 is 0 Å². The molecule has 1 aromatic heterocycles. The molecule has 0 bridgehead atoms. The van der Waals surface area contributed by atoms with Crippen LogP contribution in [0.2, 0.25) is 5.02 Å². The molecule has 4 aromatic rings. The van der Waals surface area contributed by atoms with Crippen LogP contribution in [0.15, 0.2) is 94.2 Å². The van der Waals surface area contributed by atoms with Crippen LogP contribution in [0, 0.1) is 0 Å². The highest BCUT2D eigenvalue weighted by molar-refractivity contribution is 7.07. The van der Waals surface area contributed by atoms with Crippen molar-refractivity contribution in [1.29, 1.82) is 0 Å². The first-order valence-electron chi connectivity index (χ1n) is 12.5. The van der Waals surface area contributed by atoms with Crippen molar-refractivity contribution in [2.75, 3.05) is 6.61 Å². The Labute approximate surface area is 230 Å². The molecule has 0 radical (unpaired) electrons. The van der Waals surface area contributed by atoms with Gasteiger partial charge in [0, 0.05) is 10.6 Å². The number of nitrogens with zero attached hydrogens (tertiary/aromatic N) is 2. The van der Waals surface area contributed by atoms with Gasteiger partial charge in [0.1, 0.15) is 0 Å². The van der Waals surface area contributed by atoms with Gasteiger partial charge in [-0.3, -0.25) is 9.36 Å².